The van der Waals surface area contributed by atoms with E-state index in [1.54, 1.807) is 0 Å². The Hall–Kier alpha value is -1.32. The molecule has 6 nitrogen and oxygen atoms in total. The lowest BCUT2D eigenvalue weighted by Gasteiger charge is -2.32. The first-order chi connectivity index (χ1) is 13.2. The molecule has 1 aliphatic heterocycles. The number of furan rings is 1. The highest BCUT2D eigenvalue weighted by molar-refractivity contribution is 14.0. The monoisotopic (exact) mass is 499 g/mol. The number of aliphatic imine (C=N–C) groups is 1. The van der Waals surface area contributed by atoms with Crippen LogP contribution in [0.15, 0.2) is 33.7 Å². The molecule has 1 aromatic carbocycles. The van der Waals surface area contributed by atoms with Crippen LogP contribution in [0.4, 0.5) is 0 Å². The van der Waals surface area contributed by atoms with Crippen LogP contribution >= 0.6 is 24.0 Å². The smallest absolute Gasteiger partial charge is 0.191 e. The van der Waals surface area contributed by atoms with Crippen molar-refractivity contribution in [2.75, 3.05) is 53.4 Å². The molecular weight excluding hydrogens is 465 g/mol. The van der Waals surface area contributed by atoms with E-state index in [9.17, 15) is 0 Å². The molecule has 1 aromatic heterocycles. The van der Waals surface area contributed by atoms with Gasteiger partial charge < -0.3 is 24.9 Å². The molecule has 28 heavy (non-hydrogen) atoms. The third kappa shape index (κ3) is 6.35. The number of rotatable bonds is 7. The Labute approximate surface area is 185 Å². The number of aryl methyl sites for hydroxylation is 1. The van der Waals surface area contributed by atoms with Gasteiger partial charge in [0.15, 0.2) is 5.96 Å². The SMILES string of the molecule is CN=C(NCCCCN1CCN(C)CC1)NCc1oc2ccccc2c1C.I. The molecule has 156 valence electrons. The summed E-state index contributed by atoms with van der Waals surface area (Å²) in [5.41, 5.74) is 2.14. The number of halogens is 1. The predicted molar refractivity (Wildman–Crippen MR) is 128 cm³/mol. The van der Waals surface area contributed by atoms with E-state index >= 15 is 0 Å². The van der Waals surface area contributed by atoms with E-state index in [-0.39, 0.29) is 24.0 Å². The molecule has 0 aliphatic carbocycles. The quantitative estimate of drug-likeness (QED) is 0.266. The first-order valence-corrected chi connectivity index (χ1v) is 10.00. The van der Waals surface area contributed by atoms with Crippen molar-refractivity contribution in [1.82, 2.24) is 20.4 Å². The van der Waals surface area contributed by atoms with Gasteiger partial charge in [-0.1, -0.05) is 18.2 Å². The number of fused-ring (bicyclic) bond motifs is 1. The first kappa shape index (κ1) is 23.0. The zero-order valence-corrected chi connectivity index (χ0v) is 19.7. The Bertz CT molecular complexity index is 752. The van der Waals surface area contributed by atoms with E-state index in [0.29, 0.717) is 6.54 Å². The van der Waals surface area contributed by atoms with E-state index < -0.39 is 0 Å². The van der Waals surface area contributed by atoms with Crippen LogP contribution in [0.25, 0.3) is 11.0 Å². The van der Waals surface area contributed by atoms with Crippen molar-refractivity contribution in [3.8, 4) is 0 Å². The summed E-state index contributed by atoms with van der Waals surface area (Å²) >= 11 is 0. The molecule has 0 amide bonds. The minimum absolute atomic E-state index is 0. The zero-order valence-electron chi connectivity index (χ0n) is 17.3. The van der Waals surface area contributed by atoms with E-state index in [1.165, 1.54) is 50.1 Å². The fraction of sp³-hybridized carbons (Fsp3) is 0.571. The van der Waals surface area contributed by atoms with E-state index in [1.807, 2.05) is 25.2 Å². The summed E-state index contributed by atoms with van der Waals surface area (Å²) in [6.07, 6.45) is 2.37. The second kappa shape index (κ2) is 11.6. The molecule has 0 saturated carbocycles. The van der Waals surface area contributed by atoms with Crippen LogP contribution in [0.1, 0.15) is 24.2 Å². The van der Waals surface area contributed by atoms with Crippen molar-refractivity contribution in [2.45, 2.75) is 26.3 Å². The number of benzene rings is 1. The standard InChI is InChI=1S/C21H33N5O.HI/c1-17-18-8-4-5-9-19(18)27-20(17)16-24-21(22-2)23-10-6-7-11-26-14-12-25(3)13-15-26;/h4-5,8-9H,6-7,10-16H2,1-3H3,(H2,22,23,24);1H. The van der Waals surface area contributed by atoms with Crippen molar-refractivity contribution in [1.29, 1.82) is 0 Å². The van der Waals surface area contributed by atoms with Crippen molar-refractivity contribution >= 4 is 40.9 Å². The molecule has 0 spiro atoms. The molecule has 0 unspecified atom stereocenters. The van der Waals surface area contributed by atoms with Crippen LogP contribution < -0.4 is 10.6 Å². The van der Waals surface area contributed by atoms with Gasteiger partial charge in [-0.2, -0.15) is 0 Å². The van der Waals surface area contributed by atoms with Crippen LogP contribution in [0.3, 0.4) is 0 Å². The highest BCUT2D eigenvalue weighted by Gasteiger charge is 2.13. The Morgan fingerprint density at radius 2 is 1.86 bits per heavy atom. The van der Waals surface area contributed by atoms with Gasteiger partial charge in [-0.05, 0) is 39.4 Å². The maximum atomic E-state index is 5.96. The van der Waals surface area contributed by atoms with Gasteiger partial charge in [-0.15, -0.1) is 24.0 Å². The normalized spacial score (nSPS) is 16.2. The Kier molecular flexibility index (Phi) is 9.53. The lowest BCUT2D eigenvalue weighted by Crippen LogP contribution is -2.44. The number of unbranched alkanes of at least 4 members (excludes halogenated alkanes) is 1. The minimum atomic E-state index is 0. The molecule has 2 heterocycles. The van der Waals surface area contributed by atoms with Crippen LogP contribution in [-0.4, -0.2) is 69.1 Å². The highest BCUT2D eigenvalue weighted by Crippen LogP contribution is 2.24. The summed E-state index contributed by atoms with van der Waals surface area (Å²) in [5.74, 6) is 1.80. The number of likely N-dealkylation sites (N-methyl/N-ethyl adjacent to an activating group) is 1. The van der Waals surface area contributed by atoms with Gasteiger partial charge in [0, 0.05) is 50.7 Å². The number of hydrogen-bond donors (Lipinski definition) is 2. The molecule has 1 saturated heterocycles. The Balaban J connectivity index is 0.00000280. The summed E-state index contributed by atoms with van der Waals surface area (Å²) in [6, 6.07) is 8.17. The summed E-state index contributed by atoms with van der Waals surface area (Å²) in [6.45, 7) is 9.66. The van der Waals surface area contributed by atoms with Crippen LogP contribution in [0.5, 0.6) is 0 Å². The summed E-state index contributed by atoms with van der Waals surface area (Å²) in [7, 11) is 4.01. The van der Waals surface area contributed by atoms with Crippen molar-refractivity contribution < 1.29 is 4.42 Å². The van der Waals surface area contributed by atoms with E-state index in [2.05, 4.69) is 45.5 Å². The number of nitrogens with zero attached hydrogens (tertiary/aromatic N) is 3. The zero-order chi connectivity index (χ0) is 19.1. The maximum Gasteiger partial charge on any atom is 0.191 e. The average molecular weight is 499 g/mol. The summed E-state index contributed by atoms with van der Waals surface area (Å²) in [5, 5.41) is 7.95. The topological polar surface area (TPSA) is 56.0 Å². The number of nitrogens with one attached hydrogen (secondary N) is 2. The third-order valence-corrected chi connectivity index (χ3v) is 5.37. The second-order valence-corrected chi connectivity index (χ2v) is 7.35. The van der Waals surface area contributed by atoms with E-state index in [0.717, 1.165) is 30.3 Å². The molecule has 2 aromatic rings. The number of guanidine groups is 1. The third-order valence-electron chi connectivity index (χ3n) is 5.37. The average Bonchev–Trinajstić information content (AvgIpc) is 3.01. The largest absolute Gasteiger partial charge is 0.459 e. The fourth-order valence-electron chi connectivity index (χ4n) is 3.52. The maximum absolute atomic E-state index is 5.96. The molecule has 3 rings (SSSR count). The molecule has 2 N–H and O–H groups in total. The van der Waals surface area contributed by atoms with Gasteiger partial charge in [0.05, 0.1) is 6.54 Å². The van der Waals surface area contributed by atoms with Crippen molar-refractivity contribution in [2.24, 2.45) is 4.99 Å². The molecule has 0 bridgehead atoms. The van der Waals surface area contributed by atoms with Crippen LogP contribution in [0.2, 0.25) is 0 Å². The van der Waals surface area contributed by atoms with Gasteiger partial charge >= 0.3 is 0 Å². The van der Waals surface area contributed by atoms with Crippen molar-refractivity contribution in [3.63, 3.8) is 0 Å². The Morgan fingerprint density at radius 1 is 1.11 bits per heavy atom. The molecule has 1 aliphatic rings. The molecule has 1 fully saturated rings. The lowest BCUT2D eigenvalue weighted by molar-refractivity contribution is 0.152. The van der Waals surface area contributed by atoms with Crippen LogP contribution in [0, 0.1) is 6.92 Å². The first-order valence-electron chi connectivity index (χ1n) is 10.00. The van der Waals surface area contributed by atoms with Crippen molar-refractivity contribution in [3.05, 3.63) is 35.6 Å². The van der Waals surface area contributed by atoms with Gasteiger partial charge in [0.2, 0.25) is 0 Å². The fourth-order valence-corrected chi connectivity index (χ4v) is 3.52. The molecule has 0 atom stereocenters. The summed E-state index contributed by atoms with van der Waals surface area (Å²) in [4.78, 5) is 9.29. The van der Waals surface area contributed by atoms with Crippen LogP contribution in [-0.2, 0) is 6.54 Å². The number of para-hydroxylation sites is 1. The lowest BCUT2D eigenvalue weighted by atomic mass is 10.1. The molecular formula is C21H34IN5O. The van der Waals surface area contributed by atoms with Gasteiger partial charge in [0.1, 0.15) is 11.3 Å². The van der Waals surface area contributed by atoms with E-state index in [4.69, 9.17) is 4.42 Å². The highest BCUT2D eigenvalue weighted by atomic mass is 127. The number of piperazine rings is 1. The van der Waals surface area contributed by atoms with Gasteiger partial charge in [-0.25, -0.2) is 0 Å². The van der Waals surface area contributed by atoms with Gasteiger partial charge in [-0.3, -0.25) is 4.99 Å². The Morgan fingerprint density at radius 3 is 2.57 bits per heavy atom. The molecule has 7 heteroatoms. The second-order valence-electron chi connectivity index (χ2n) is 7.35. The van der Waals surface area contributed by atoms with Gasteiger partial charge in [0.25, 0.3) is 0 Å². The summed E-state index contributed by atoms with van der Waals surface area (Å²) < 4.78 is 5.96. The number of hydrogen-bond acceptors (Lipinski definition) is 4. The molecule has 0 radical (unpaired) electrons. The predicted octanol–water partition coefficient (Wildman–Crippen LogP) is 3.05. The minimum Gasteiger partial charge on any atom is -0.459 e.